The third kappa shape index (κ3) is 4.53. The van der Waals surface area contributed by atoms with Crippen LogP contribution in [0.3, 0.4) is 0 Å². The summed E-state index contributed by atoms with van der Waals surface area (Å²) >= 11 is 0. The van der Waals surface area contributed by atoms with Gasteiger partial charge in [0.1, 0.15) is 11.8 Å². The number of esters is 1. The van der Waals surface area contributed by atoms with Crippen LogP contribution in [-0.2, 0) is 9.53 Å². The monoisotopic (exact) mass is 277 g/mol. The molecule has 4 nitrogen and oxygen atoms in total. The summed E-state index contributed by atoms with van der Waals surface area (Å²) in [4.78, 5) is 11.9. The van der Waals surface area contributed by atoms with Crippen LogP contribution < -0.4 is 10.1 Å². The first-order chi connectivity index (χ1) is 9.70. The Kier molecular flexibility index (Phi) is 5.41. The third-order valence-electron chi connectivity index (χ3n) is 3.34. The normalized spacial score (nSPS) is 15.7. The molecule has 0 heterocycles. The van der Waals surface area contributed by atoms with Gasteiger partial charge < -0.3 is 14.8 Å². The molecular formula is C16H23NO3. The van der Waals surface area contributed by atoms with Gasteiger partial charge in [-0.1, -0.05) is 18.2 Å². The van der Waals surface area contributed by atoms with Crippen molar-refractivity contribution >= 4 is 5.97 Å². The van der Waals surface area contributed by atoms with E-state index < -0.39 is 0 Å². The van der Waals surface area contributed by atoms with Crippen LogP contribution in [0.15, 0.2) is 24.3 Å². The van der Waals surface area contributed by atoms with Crippen LogP contribution >= 0.6 is 0 Å². The lowest BCUT2D eigenvalue weighted by molar-refractivity contribution is -0.146. The van der Waals surface area contributed by atoms with Gasteiger partial charge in [0, 0.05) is 12.5 Å². The highest BCUT2D eigenvalue weighted by molar-refractivity contribution is 5.75. The molecule has 110 valence electrons. The summed E-state index contributed by atoms with van der Waals surface area (Å²) in [5.41, 5.74) is 1.11. The molecule has 1 atom stereocenters. The van der Waals surface area contributed by atoms with Crippen molar-refractivity contribution in [2.24, 2.45) is 0 Å². The van der Waals surface area contributed by atoms with Gasteiger partial charge in [-0.15, -0.1) is 0 Å². The minimum atomic E-state index is -0.258. The molecule has 0 bridgehead atoms. The lowest BCUT2D eigenvalue weighted by atomic mass is 10.2. The number of carbonyl (C=O) groups is 1. The lowest BCUT2D eigenvalue weighted by Gasteiger charge is -2.17. The minimum absolute atomic E-state index is 0.173. The van der Waals surface area contributed by atoms with E-state index in [1.807, 2.05) is 38.1 Å². The zero-order valence-corrected chi connectivity index (χ0v) is 12.2. The molecule has 20 heavy (non-hydrogen) atoms. The number of hydrogen-bond donors (Lipinski definition) is 1. The number of aryl methyl sites for hydroxylation is 1. The number of carbonyl (C=O) groups excluding carboxylic acids is 1. The van der Waals surface area contributed by atoms with Gasteiger partial charge in [0.05, 0.1) is 13.2 Å². The highest BCUT2D eigenvalue weighted by Gasteiger charge is 2.29. The summed E-state index contributed by atoms with van der Waals surface area (Å²) in [6.45, 7) is 4.77. The Hall–Kier alpha value is -1.55. The number of benzene rings is 1. The standard InChI is InChI=1S/C16H23NO3/c1-3-19-16(18)14(17-13-8-9-13)10-11-20-15-7-5-4-6-12(15)2/h4-7,13-14,17H,3,8-11H2,1-2H3. The minimum Gasteiger partial charge on any atom is -0.493 e. The largest absolute Gasteiger partial charge is 0.493 e. The Balaban J connectivity index is 1.81. The average molecular weight is 277 g/mol. The summed E-state index contributed by atoms with van der Waals surface area (Å²) in [5.74, 6) is 0.703. The van der Waals surface area contributed by atoms with Crippen LogP contribution in [0.1, 0.15) is 31.7 Å². The van der Waals surface area contributed by atoms with Crippen molar-refractivity contribution in [3.8, 4) is 5.75 Å². The maximum atomic E-state index is 11.9. The molecular weight excluding hydrogens is 254 g/mol. The third-order valence-corrected chi connectivity index (χ3v) is 3.34. The van der Waals surface area contributed by atoms with Gasteiger partial charge in [-0.3, -0.25) is 4.79 Å². The summed E-state index contributed by atoms with van der Waals surface area (Å²) in [6, 6.07) is 8.12. The summed E-state index contributed by atoms with van der Waals surface area (Å²) in [7, 11) is 0. The molecule has 0 spiro atoms. The van der Waals surface area contributed by atoms with Crippen molar-refractivity contribution in [1.82, 2.24) is 5.32 Å². The fourth-order valence-electron chi connectivity index (χ4n) is 2.05. The first-order valence-electron chi connectivity index (χ1n) is 7.31. The topological polar surface area (TPSA) is 47.6 Å². The van der Waals surface area contributed by atoms with Crippen LogP contribution in [0.4, 0.5) is 0 Å². The van der Waals surface area contributed by atoms with Crippen molar-refractivity contribution in [3.63, 3.8) is 0 Å². The predicted molar refractivity (Wildman–Crippen MR) is 77.9 cm³/mol. The van der Waals surface area contributed by atoms with E-state index in [-0.39, 0.29) is 12.0 Å². The average Bonchev–Trinajstić information content (AvgIpc) is 3.24. The molecule has 0 aliphatic heterocycles. The number of nitrogens with one attached hydrogen (secondary N) is 1. The van der Waals surface area contributed by atoms with Crippen LogP contribution in [-0.4, -0.2) is 31.3 Å². The van der Waals surface area contributed by atoms with Gasteiger partial charge in [0.25, 0.3) is 0 Å². The SMILES string of the molecule is CCOC(=O)C(CCOc1ccccc1C)NC1CC1. The van der Waals surface area contributed by atoms with E-state index in [1.165, 1.54) is 0 Å². The van der Waals surface area contributed by atoms with Crippen molar-refractivity contribution < 1.29 is 14.3 Å². The van der Waals surface area contributed by atoms with E-state index in [0.717, 1.165) is 24.2 Å². The molecule has 0 amide bonds. The number of para-hydroxylation sites is 1. The van der Waals surface area contributed by atoms with Crippen LogP contribution in [0.2, 0.25) is 0 Å². The molecule has 1 aliphatic carbocycles. The summed E-state index contributed by atoms with van der Waals surface area (Å²) in [5, 5.41) is 3.32. The number of rotatable bonds is 8. The first kappa shape index (κ1) is 14.9. The quantitative estimate of drug-likeness (QED) is 0.741. The molecule has 1 saturated carbocycles. The zero-order valence-electron chi connectivity index (χ0n) is 12.2. The van der Waals surface area contributed by atoms with Crippen molar-refractivity contribution in [1.29, 1.82) is 0 Å². The molecule has 1 aromatic carbocycles. The molecule has 1 fully saturated rings. The van der Waals surface area contributed by atoms with Gasteiger partial charge >= 0.3 is 5.97 Å². The Labute approximate surface area is 120 Å². The van der Waals surface area contributed by atoms with Gasteiger partial charge in [-0.05, 0) is 38.3 Å². The second-order valence-electron chi connectivity index (χ2n) is 5.15. The smallest absolute Gasteiger partial charge is 0.323 e. The Bertz CT molecular complexity index is 443. The molecule has 1 unspecified atom stereocenters. The molecule has 4 heteroatoms. The van der Waals surface area contributed by atoms with Crippen molar-refractivity contribution in [2.75, 3.05) is 13.2 Å². The van der Waals surface area contributed by atoms with E-state index in [2.05, 4.69) is 5.32 Å². The van der Waals surface area contributed by atoms with Crippen LogP contribution in [0, 0.1) is 6.92 Å². The van der Waals surface area contributed by atoms with Gasteiger partial charge in [0.15, 0.2) is 0 Å². The predicted octanol–water partition coefficient (Wildman–Crippen LogP) is 2.45. The van der Waals surface area contributed by atoms with Crippen LogP contribution in [0.5, 0.6) is 5.75 Å². The van der Waals surface area contributed by atoms with Gasteiger partial charge in [0.2, 0.25) is 0 Å². The Morgan fingerprint density at radius 1 is 1.40 bits per heavy atom. The molecule has 0 saturated heterocycles. The maximum Gasteiger partial charge on any atom is 0.323 e. The van der Waals surface area contributed by atoms with Gasteiger partial charge in [-0.2, -0.15) is 0 Å². The van der Waals surface area contributed by atoms with Gasteiger partial charge in [-0.25, -0.2) is 0 Å². The summed E-state index contributed by atoms with van der Waals surface area (Å²) in [6.07, 6.45) is 2.92. The fraction of sp³-hybridized carbons (Fsp3) is 0.562. The molecule has 0 aromatic heterocycles. The summed E-state index contributed by atoms with van der Waals surface area (Å²) < 4.78 is 10.9. The zero-order chi connectivity index (χ0) is 14.4. The Morgan fingerprint density at radius 3 is 2.80 bits per heavy atom. The molecule has 1 N–H and O–H groups in total. The maximum absolute atomic E-state index is 11.9. The Morgan fingerprint density at radius 2 is 2.15 bits per heavy atom. The van der Waals surface area contributed by atoms with E-state index in [0.29, 0.717) is 25.7 Å². The van der Waals surface area contributed by atoms with E-state index in [9.17, 15) is 4.79 Å². The van der Waals surface area contributed by atoms with Crippen LogP contribution in [0.25, 0.3) is 0 Å². The molecule has 2 rings (SSSR count). The van der Waals surface area contributed by atoms with E-state index in [4.69, 9.17) is 9.47 Å². The highest BCUT2D eigenvalue weighted by atomic mass is 16.5. The second-order valence-corrected chi connectivity index (χ2v) is 5.15. The van der Waals surface area contributed by atoms with Crippen molar-refractivity contribution in [3.05, 3.63) is 29.8 Å². The highest BCUT2D eigenvalue weighted by Crippen LogP contribution is 2.21. The fourth-order valence-corrected chi connectivity index (χ4v) is 2.05. The number of hydrogen-bond acceptors (Lipinski definition) is 4. The van der Waals surface area contributed by atoms with Crippen molar-refractivity contribution in [2.45, 2.75) is 45.2 Å². The molecule has 0 radical (unpaired) electrons. The molecule has 1 aromatic rings. The second kappa shape index (κ2) is 7.29. The van der Waals surface area contributed by atoms with E-state index >= 15 is 0 Å². The first-order valence-corrected chi connectivity index (χ1v) is 7.31. The number of ether oxygens (including phenoxy) is 2. The van der Waals surface area contributed by atoms with E-state index in [1.54, 1.807) is 0 Å². The molecule has 1 aliphatic rings. The lowest BCUT2D eigenvalue weighted by Crippen LogP contribution is -2.40.